The van der Waals surface area contributed by atoms with E-state index in [-0.39, 0.29) is 5.91 Å². The highest BCUT2D eigenvalue weighted by Crippen LogP contribution is 2.35. The minimum absolute atomic E-state index is 0.111. The highest BCUT2D eigenvalue weighted by atomic mass is 16.2. The van der Waals surface area contributed by atoms with E-state index < -0.39 is 0 Å². The summed E-state index contributed by atoms with van der Waals surface area (Å²) in [5, 5.41) is 0. The van der Waals surface area contributed by atoms with Gasteiger partial charge in [0, 0.05) is 31.9 Å². The van der Waals surface area contributed by atoms with E-state index in [0.29, 0.717) is 0 Å². The summed E-state index contributed by atoms with van der Waals surface area (Å²) < 4.78 is 0. The third-order valence-electron chi connectivity index (χ3n) is 4.09. The van der Waals surface area contributed by atoms with Crippen molar-refractivity contribution in [3.8, 4) is 0 Å². The standard InChI is InChI=1S/C16H20N2O/c1-12-6-5-9-18(10-12)11-14-13-7-3-4-8-15(13)17(2)16(14)19/h3-4,7-8,11-12H,5-6,9-10H2,1-2H3/b14-11-. The lowest BCUT2D eigenvalue weighted by molar-refractivity contribution is -0.112. The van der Waals surface area contributed by atoms with Crippen LogP contribution in [0, 0.1) is 5.92 Å². The van der Waals surface area contributed by atoms with Crippen LogP contribution in [0.25, 0.3) is 5.57 Å². The maximum absolute atomic E-state index is 12.3. The Morgan fingerprint density at radius 1 is 1.32 bits per heavy atom. The van der Waals surface area contributed by atoms with Crippen LogP contribution in [0.4, 0.5) is 5.69 Å². The Hall–Kier alpha value is -1.77. The summed E-state index contributed by atoms with van der Waals surface area (Å²) in [6.45, 7) is 4.40. The maximum Gasteiger partial charge on any atom is 0.260 e. The number of rotatable bonds is 1. The number of nitrogens with zero attached hydrogens (tertiary/aromatic N) is 2. The lowest BCUT2D eigenvalue weighted by atomic mass is 10.00. The molecule has 1 unspecified atom stereocenters. The molecule has 19 heavy (non-hydrogen) atoms. The van der Waals surface area contributed by atoms with Crippen molar-refractivity contribution in [1.82, 2.24) is 4.90 Å². The summed E-state index contributed by atoms with van der Waals surface area (Å²) in [6, 6.07) is 8.02. The van der Waals surface area contributed by atoms with Gasteiger partial charge in [0.25, 0.3) is 5.91 Å². The molecule has 3 nitrogen and oxygen atoms in total. The Balaban J connectivity index is 1.94. The van der Waals surface area contributed by atoms with Gasteiger partial charge in [0.15, 0.2) is 0 Å². The molecule has 2 heterocycles. The third kappa shape index (κ3) is 2.14. The monoisotopic (exact) mass is 256 g/mol. The number of anilines is 1. The molecule has 1 aromatic rings. The zero-order chi connectivity index (χ0) is 13.4. The Labute approximate surface area is 114 Å². The van der Waals surface area contributed by atoms with Crippen LogP contribution in [-0.4, -0.2) is 30.9 Å². The van der Waals surface area contributed by atoms with Crippen LogP contribution in [0.1, 0.15) is 25.3 Å². The molecule has 1 atom stereocenters. The topological polar surface area (TPSA) is 23.6 Å². The molecule has 0 radical (unpaired) electrons. The molecule has 3 heteroatoms. The van der Waals surface area contributed by atoms with Crippen molar-refractivity contribution in [3.63, 3.8) is 0 Å². The summed E-state index contributed by atoms with van der Waals surface area (Å²) in [6.07, 6.45) is 4.58. The Morgan fingerprint density at radius 2 is 2.11 bits per heavy atom. The van der Waals surface area contributed by atoms with E-state index in [2.05, 4.69) is 18.0 Å². The first-order chi connectivity index (χ1) is 9.16. The average molecular weight is 256 g/mol. The average Bonchev–Trinajstić information content (AvgIpc) is 2.65. The van der Waals surface area contributed by atoms with Crippen LogP contribution in [0.3, 0.4) is 0 Å². The summed E-state index contributed by atoms with van der Waals surface area (Å²) in [5.74, 6) is 0.828. The summed E-state index contributed by atoms with van der Waals surface area (Å²) in [4.78, 5) is 16.4. The summed E-state index contributed by atoms with van der Waals surface area (Å²) in [7, 11) is 1.85. The molecule has 100 valence electrons. The number of fused-ring (bicyclic) bond motifs is 1. The van der Waals surface area contributed by atoms with Crippen molar-refractivity contribution in [1.29, 1.82) is 0 Å². The number of likely N-dealkylation sites (N-methyl/N-ethyl adjacent to an activating group) is 1. The second-order valence-electron chi connectivity index (χ2n) is 5.67. The molecular formula is C16H20N2O. The molecule has 1 amide bonds. The van der Waals surface area contributed by atoms with E-state index in [4.69, 9.17) is 0 Å². The molecule has 1 fully saturated rings. The minimum atomic E-state index is 0.111. The van der Waals surface area contributed by atoms with Gasteiger partial charge in [-0.15, -0.1) is 0 Å². The Morgan fingerprint density at radius 3 is 2.89 bits per heavy atom. The predicted octanol–water partition coefficient (Wildman–Crippen LogP) is 2.74. The number of likely N-dealkylation sites (tertiary alicyclic amines) is 1. The van der Waals surface area contributed by atoms with E-state index in [1.54, 1.807) is 4.90 Å². The molecule has 0 bridgehead atoms. The van der Waals surface area contributed by atoms with Crippen molar-refractivity contribution in [2.24, 2.45) is 5.92 Å². The van der Waals surface area contributed by atoms with Gasteiger partial charge < -0.3 is 9.80 Å². The molecule has 0 aromatic heterocycles. The minimum Gasteiger partial charge on any atom is -0.376 e. The van der Waals surface area contributed by atoms with Crippen LogP contribution in [0.5, 0.6) is 0 Å². The molecule has 0 N–H and O–H groups in total. The quantitative estimate of drug-likeness (QED) is 0.721. The van der Waals surface area contributed by atoms with Crippen molar-refractivity contribution < 1.29 is 4.79 Å². The fourth-order valence-electron chi connectivity index (χ4n) is 3.05. The van der Waals surface area contributed by atoms with Crippen molar-refractivity contribution in [3.05, 3.63) is 36.0 Å². The third-order valence-corrected chi connectivity index (χ3v) is 4.09. The summed E-state index contributed by atoms with van der Waals surface area (Å²) >= 11 is 0. The fraction of sp³-hybridized carbons (Fsp3) is 0.438. The van der Waals surface area contributed by atoms with Gasteiger partial charge >= 0.3 is 0 Å². The van der Waals surface area contributed by atoms with Gasteiger partial charge in [-0.25, -0.2) is 0 Å². The van der Waals surface area contributed by atoms with E-state index in [1.165, 1.54) is 12.8 Å². The lowest BCUT2D eigenvalue weighted by Gasteiger charge is -2.30. The molecule has 1 aromatic carbocycles. The van der Waals surface area contributed by atoms with E-state index in [1.807, 2.05) is 31.3 Å². The molecule has 3 rings (SSSR count). The fourth-order valence-corrected chi connectivity index (χ4v) is 3.05. The van der Waals surface area contributed by atoms with E-state index in [9.17, 15) is 4.79 Å². The molecular weight excluding hydrogens is 236 g/mol. The summed E-state index contributed by atoms with van der Waals surface area (Å²) in [5.41, 5.74) is 2.92. The van der Waals surface area contributed by atoms with Crippen molar-refractivity contribution >= 4 is 17.2 Å². The Bertz CT molecular complexity index is 535. The van der Waals surface area contributed by atoms with Crippen LogP contribution in [0.2, 0.25) is 0 Å². The van der Waals surface area contributed by atoms with Gasteiger partial charge in [-0.1, -0.05) is 25.1 Å². The molecule has 1 saturated heterocycles. The molecule has 2 aliphatic rings. The van der Waals surface area contributed by atoms with Gasteiger partial charge in [0.1, 0.15) is 0 Å². The van der Waals surface area contributed by atoms with Crippen LogP contribution >= 0.6 is 0 Å². The second-order valence-corrected chi connectivity index (χ2v) is 5.67. The zero-order valence-electron chi connectivity index (χ0n) is 11.6. The first-order valence-corrected chi connectivity index (χ1v) is 7.00. The normalized spacial score (nSPS) is 25.1. The number of carbonyl (C=O) groups is 1. The SMILES string of the molecule is CC1CCCN(/C=C2\C(=O)N(C)c3ccccc32)C1. The molecule has 2 aliphatic heterocycles. The number of para-hydroxylation sites is 1. The van der Waals surface area contributed by atoms with Gasteiger partial charge in [-0.05, 0) is 24.8 Å². The first-order valence-electron chi connectivity index (χ1n) is 7.00. The number of hydrogen-bond acceptors (Lipinski definition) is 2. The maximum atomic E-state index is 12.3. The molecule has 0 saturated carbocycles. The predicted molar refractivity (Wildman–Crippen MR) is 77.8 cm³/mol. The van der Waals surface area contributed by atoms with Crippen LogP contribution in [0.15, 0.2) is 30.5 Å². The highest BCUT2D eigenvalue weighted by molar-refractivity contribution is 6.32. The van der Waals surface area contributed by atoms with Gasteiger partial charge in [-0.3, -0.25) is 4.79 Å². The molecule has 0 aliphatic carbocycles. The number of benzene rings is 1. The van der Waals surface area contributed by atoms with E-state index >= 15 is 0 Å². The van der Waals surface area contributed by atoms with Crippen LogP contribution < -0.4 is 4.90 Å². The largest absolute Gasteiger partial charge is 0.376 e. The first kappa shape index (κ1) is 12.3. The van der Waals surface area contributed by atoms with Crippen molar-refractivity contribution in [2.75, 3.05) is 25.0 Å². The number of hydrogen-bond donors (Lipinski definition) is 0. The second kappa shape index (κ2) is 4.72. The lowest BCUT2D eigenvalue weighted by Crippen LogP contribution is -2.31. The number of amides is 1. The van der Waals surface area contributed by atoms with Gasteiger partial charge in [0.05, 0.1) is 11.3 Å². The smallest absolute Gasteiger partial charge is 0.260 e. The van der Waals surface area contributed by atoms with Crippen molar-refractivity contribution in [2.45, 2.75) is 19.8 Å². The van der Waals surface area contributed by atoms with E-state index in [0.717, 1.165) is 35.8 Å². The zero-order valence-corrected chi connectivity index (χ0v) is 11.6. The number of piperidine rings is 1. The molecule has 0 spiro atoms. The van der Waals surface area contributed by atoms with Gasteiger partial charge in [0.2, 0.25) is 0 Å². The number of carbonyl (C=O) groups excluding carboxylic acids is 1. The van der Waals surface area contributed by atoms with Gasteiger partial charge in [-0.2, -0.15) is 0 Å². The highest BCUT2D eigenvalue weighted by Gasteiger charge is 2.30. The van der Waals surface area contributed by atoms with Crippen LogP contribution in [-0.2, 0) is 4.79 Å². The Kier molecular flexibility index (Phi) is 3.05.